The minimum Gasteiger partial charge on any atom is -0.379 e. The molecule has 0 spiro atoms. The summed E-state index contributed by atoms with van der Waals surface area (Å²) in [5, 5.41) is 20.9. The van der Waals surface area contributed by atoms with Crippen LogP contribution in [0.3, 0.4) is 0 Å². The minimum atomic E-state index is -0.400. The van der Waals surface area contributed by atoms with Crippen molar-refractivity contribution in [2.45, 2.75) is 26.3 Å². The van der Waals surface area contributed by atoms with E-state index in [0.717, 1.165) is 5.56 Å². The molecule has 2 rings (SSSR count). The molecule has 0 saturated carbocycles. The largest absolute Gasteiger partial charge is 0.379 e. The van der Waals surface area contributed by atoms with Gasteiger partial charge < -0.3 is 10.6 Å². The monoisotopic (exact) mass is 331 g/mol. The van der Waals surface area contributed by atoms with Gasteiger partial charge in [0.25, 0.3) is 5.69 Å². The zero-order valence-corrected chi connectivity index (χ0v) is 13.7. The Kier molecular flexibility index (Phi) is 5.89. The van der Waals surface area contributed by atoms with Gasteiger partial charge in [0.1, 0.15) is 11.7 Å². The first kappa shape index (κ1) is 17.5. The number of nitrogens with one attached hydrogen (secondary N) is 2. The number of aryl methyl sites for hydroxylation is 1. The number of nitro benzene ring substituents is 1. The molecule has 2 aromatic rings. The first-order valence-corrected chi connectivity index (χ1v) is 7.75. The van der Waals surface area contributed by atoms with Gasteiger partial charge in [-0.15, -0.1) is 0 Å². The minimum absolute atomic E-state index is 0.0614. The van der Waals surface area contributed by atoms with Crippen LogP contribution >= 0.6 is 0 Å². The third-order valence-electron chi connectivity index (χ3n) is 3.62. The summed E-state index contributed by atoms with van der Waals surface area (Å²) in [4.78, 5) is 22.6. The molecule has 8 heteroatoms. The predicted molar refractivity (Wildman–Crippen MR) is 90.9 cm³/mol. The second kappa shape index (κ2) is 8.09. The van der Waals surface area contributed by atoms with Gasteiger partial charge in [0.15, 0.2) is 0 Å². The van der Waals surface area contributed by atoms with E-state index in [-0.39, 0.29) is 17.6 Å². The molecule has 0 aliphatic carbocycles. The van der Waals surface area contributed by atoms with Crippen LogP contribution in [0.2, 0.25) is 0 Å². The van der Waals surface area contributed by atoms with Crippen LogP contribution in [-0.4, -0.2) is 33.7 Å². The van der Waals surface area contributed by atoms with Crippen LogP contribution in [0.25, 0.3) is 0 Å². The number of nitrogens with zero attached hydrogens (tertiary/aromatic N) is 3. The van der Waals surface area contributed by atoms with Crippen LogP contribution in [0.15, 0.2) is 36.7 Å². The molecule has 2 N–H and O–H groups in total. The summed E-state index contributed by atoms with van der Waals surface area (Å²) in [6, 6.07) is 6.46. The number of anilines is 1. The molecule has 1 atom stereocenters. The summed E-state index contributed by atoms with van der Waals surface area (Å²) in [7, 11) is 0. The average Bonchev–Trinajstić information content (AvgIpc) is 3.09. The van der Waals surface area contributed by atoms with Gasteiger partial charge in [-0.2, -0.15) is 5.10 Å². The molecule has 0 saturated heterocycles. The molecule has 0 fully saturated rings. The second-order valence-corrected chi connectivity index (χ2v) is 5.51. The lowest BCUT2D eigenvalue weighted by atomic mass is 10.2. The van der Waals surface area contributed by atoms with E-state index in [1.807, 2.05) is 13.0 Å². The molecule has 24 heavy (non-hydrogen) atoms. The zero-order valence-electron chi connectivity index (χ0n) is 13.7. The Morgan fingerprint density at radius 2 is 2.21 bits per heavy atom. The Hall–Kier alpha value is -2.90. The van der Waals surface area contributed by atoms with E-state index < -0.39 is 4.92 Å². The van der Waals surface area contributed by atoms with Crippen molar-refractivity contribution < 1.29 is 9.72 Å². The molecule has 8 nitrogen and oxygen atoms in total. The van der Waals surface area contributed by atoms with E-state index in [2.05, 4.69) is 15.7 Å². The number of carbonyl (C=O) groups is 1. The molecule has 0 radical (unpaired) electrons. The van der Waals surface area contributed by atoms with Crippen molar-refractivity contribution in [1.29, 1.82) is 0 Å². The maximum atomic E-state index is 12.0. The summed E-state index contributed by atoms with van der Waals surface area (Å²) in [5.74, 6) is -0.111. The predicted octanol–water partition coefficient (Wildman–Crippen LogP) is 2.28. The lowest BCUT2D eigenvalue weighted by Gasteiger charge is -2.13. The van der Waals surface area contributed by atoms with Crippen molar-refractivity contribution in [2.75, 3.05) is 18.4 Å². The van der Waals surface area contributed by atoms with Gasteiger partial charge in [-0.1, -0.05) is 6.07 Å². The molecule has 1 aromatic carbocycles. The maximum Gasteiger partial charge on any atom is 0.292 e. The number of nitro groups is 1. The van der Waals surface area contributed by atoms with E-state index in [9.17, 15) is 14.9 Å². The Bertz CT molecular complexity index is 700. The molecule has 0 aliphatic rings. The first-order valence-electron chi connectivity index (χ1n) is 7.75. The van der Waals surface area contributed by atoms with Gasteiger partial charge in [0.05, 0.1) is 4.92 Å². The van der Waals surface area contributed by atoms with Crippen molar-refractivity contribution in [3.63, 3.8) is 0 Å². The van der Waals surface area contributed by atoms with Crippen LogP contribution in [0.1, 0.15) is 24.9 Å². The summed E-state index contributed by atoms with van der Waals surface area (Å²) in [6.45, 7) is 4.60. The van der Waals surface area contributed by atoms with Gasteiger partial charge >= 0.3 is 0 Å². The van der Waals surface area contributed by atoms with Crippen LogP contribution in [0.4, 0.5) is 11.4 Å². The lowest BCUT2D eigenvalue weighted by Crippen LogP contribution is -2.32. The quantitative estimate of drug-likeness (QED) is 0.439. The van der Waals surface area contributed by atoms with Gasteiger partial charge in [-0.05, 0) is 38.0 Å². The molecule has 0 unspecified atom stereocenters. The molecular formula is C16H21N5O3. The highest BCUT2D eigenvalue weighted by Crippen LogP contribution is 2.25. The Morgan fingerprint density at radius 3 is 2.88 bits per heavy atom. The number of hydrogen-bond acceptors (Lipinski definition) is 5. The van der Waals surface area contributed by atoms with Crippen molar-refractivity contribution >= 4 is 17.3 Å². The number of amides is 1. The Labute approximate surface area is 140 Å². The topological polar surface area (TPSA) is 102 Å². The molecule has 1 heterocycles. The first-order chi connectivity index (χ1) is 11.5. The zero-order chi connectivity index (χ0) is 17.5. The molecule has 0 aliphatic heterocycles. The third-order valence-corrected chi connectivity index (χ3v) is 3.62. The molecule has 1 amide bonds. The molecule has 0 bridgehead atoms. The van der Waals surface area contributed by atoms with Crippen molar-refractivity contribution in [3.05, 3.63) is 52.3 Å². The number of aromatic nitrogens is 2. The Balaban J connectivity index is 1.76. The summed E-state index contributed by atoms with van der Waals surface area (Å²) < 4.78 is 1.59. The number of hydrogen-bond donors (Lipinski definition) is 2. The van der Waals surface area contributed by atoms with Crippen LogP contribution in [0, 0.1) is 17.0 Å². The SMILES string of the molecule is Cc1ccc(NCCCNC(=O)[C@H](C)n2cccn2)c([N+](=O)[O-])c1. The fourth-order valence-corrected chi connectivity index (χ4v) is 2.24. The van der Waals surface area contributed by atoms with E-state index in [1.165, 1.54) is 6.07 Å². The lowest BCUT2D eigenvalue weighted by molar-refractivity contribution is -0.384. The highest BCUT2D eigenvalue weighted by atomic mass is 16.6. The third kappa shape index (κ3) is 4.55. The van der Waals surface area contributed by atoms with E-state index in [4.69, 9.17) is 0 Å². The van der Waals surface area contributed by atoms with E-state index in [0.29, 0.717) is 25.2 Å². The van der Waals surface area contributed by atoms with Gasteiger partial charge in [0, 0.05) is 31.5 Å². The second-order valence-electron chi connectivity index (χ2n) is 5.51. The molecule has 128 valence electrons. The molecular weight excluding hydrogens is 310 g/mol. The maximum absolute atomic E-state index is 12.0. The van der Waals surface area contributed by atoms with Gasteiger partial charge in [-0.25, -0.2) is 0 Å². The fourth-order valence-electron chi connectivity index (χ4n) is 2.24. The summed E-state index contributed by atoms with van der Waals surface area (Å²) in [5.41, 5.74) is 1.39. The van der Waals surface area contributed by atoms with E-state index >= 15 is 0 Å². The van der Waals surface area contributed by atoms with Crippen LogP contribution in [-0.2, 0) is 4.79 Å². The van der Waals surface area contributed by atoms with Crippen LogP contribution in [0.5, 0.6) is 0 Å². The summed E-state index contributed by atoms with van der Waals surface area (Å²) >= 11 is 0. The number of benzene rings is 1. The summed E-state index contributed by atoms with van der Waals surface area (Å²) in [6.07, 6.45) is 4.02. The normalized spacial score (nSPS) is 11.8. The number of rotatable bonds is 8. The van der Waals surface area contributed by atoms with Crippen molar-refractivity contribution in [2.24, 2.45) is 0 Å². The number of carbonyl (C=O) groups excluding carboxylic acids is 1. The van der Waals surface area contributed by atoms with Gasteiger partial charge in [-0.3, -0.25) is 19.6 Å². The van der Waals surface area contributed by atoms with Crippen molar-refractivity contribution in [1.82, 2.24) is 15.1 Å². The Morgan fingerprint density at radius 1 is 1.42 bits per heavy atom. The fraction of sp³-hybridized carbons (Fsp3) is 0.375. The highest BCUT2D eigenvalue weighted by molar-refractivity contribution is 5.79. The van der Waals surface area contributed by atoms with Gasteiger partial charge in [0.2, 0.25) is 5.91 Å². The standard InChI is InChI=1S/C16H21N5O3/c1-12-5-6-14(15(11-12)21(23)24)17-7-3-8-18-16(22)13(2)20-10-4-9-19-20/h4-6,9-11,13,17H,3,7-8H2,1-2H3,(H,18,22)/t13-/m0/s1. The average molecular weight is 331 g/mol. The van der Waals surface area contributed by atoms with E-state index in [1.54, 1.807) is 36.1 Å². The molecule has 1 aromatic heterocycles. The smallest absolute Gasteiger partial charge is 0.292 e. The highest BCUT2D eigenvalue weighted by Gasteiger charge is 2.15. The van der Waals surface area contributed by atoms with Crippen molar-refractivity contribution in [3.8, 4) is 0 Å². The van der Waals surface area contributed by atoms with Crippen LogP contribution < -0.4 is 10.6 Å².